The van der Waals surface area contributed by atoms with Gasteiger partial charge in [-0.2, -0.15) is 5.10 Å². The van der Waals surface area contributed by atoms with Gasteiger partial charge in [-0.25, -0.2) is 0 Å². The van der Waals surface area contributed by atoms with Gasteiger partial charge in [-0.1, -0.05) is 48.5 Å². The van der Waals surface area contributed by atoms with Crippen LogP contribution in [0.15, 0.2) is 59.7 Å². The minimum absolute atomic E-state index is 0.0516. The van der Waals surface area contributed by atoms with E-state index < -0.39 is 0 Å². The maximum Gasteiger partial charge on any atom is 0.0870 e. The Morgan fingerprint density at radius 1 is 1.22 bits per heavy atom. The lowest BCUT2D eigenvalue weighted by atomic mass is 9.98. The summed E-state index contributed by atoms with van der Waals surface area (Å²) in [6, 6.07) is 7.99. The first kappa shape index (κ1) is 27.5. The molecular formula is C29H38ClN5O. The van der Waals surface area contributed by atoms with Gasteiger partial charge in [-0.3, -0.25) is 5.01 Å². The molecule has 1 heterocycles. The molecule has 1 unspecified atom stereocenters. The molecule has 1 aliphatic heterocycles. The van der Waals surface area contributed by atoms with Gasteiger partial charge in [0.2, 0.25) is 0 Å². The zero-order chi connectivity index (χ0) is 26.4. The molecule has 0 spiro atoms. The third-order valence-electron chi connectivity index (χ3n) is 6.67. The predicted molar refractivity (Wildman–Crippen MR) is 154 cm³/mol. The number of halogens is 1. The zero-order valence-corrected chi connectivity index (χ0v) is 22.7. The van der Waals surface area contributed by atoms with E-state index in [-0.39, 0.29) is 12.6 Å². The molecule has 1 aliphatic rings. The van der Waals surface area contributed by atoms with E-state index in [0.29, 0.717) is 12.2 Å². The minimum Gasteiger partial charge on any atom is -0.397 e. The number of benzene rings is 2. The molecule has 0 aliphatic carbocycles. The van der Waals surface area contributed by atoms with Crippen LogP contribution in [0.4, 0.5) is 11.4 Å². The van der Waals surface area contributed by atoms with Gasteiger partial charge < -0.3 is 21.5 Å². The lowest BCUT2D eigenvalue weighted by Gasteiger charge is -2.26. The molecule has 7 heteroatoms. The van der Waals surface area contributed by atoms with Crippen molar-refractivity contribution < 1.29 is 5.11 Å². The molecule has 0 saturated carbocycles. The van der Waals surface area contributed by atoms with Crippen LogP contribution in [0.5, 0.6) is 0 Å². The van der Waals surface area contributed by atoms with Crippen LogP contribution in [0.2, 0.25) is 5.02 Å². The number of hydrogen-bond acceptors (Lipinski definition) is 6. The number of hydrogen-bond donors (Lipinski definition) is 4. The minimum atomic E-state index is -0.233. The molecule has 6 nitrogen and oxygen atoms in total. The summed E-state index contributed by atoms with van der Waals surface area (Å²) in [6.45, 7) is 14.2. The van der Waals surface area contributed by atoms with Crippen molar-refractivity contribution in [3.05, 3.63) is 87.5 Å². The Morgan fingerprint density at radius 3 is 2.56 bits per heavy atom. The first-order valence-electron chi connectivity index (χ1n) is 12.2. The number of nitrogens with zero attached hydrogens (tertiary/aromatic N) is 2. The van der Waals surface area contributed by atoms with Crippen molar-refractivity contribution in [1.29, 1.82) is 0 Å². The smallest absolute Gasteiger partial charge is 0.0870 e. The second-order valence-corrected chi connectivity index (χ2v) is 9.73. The third-order valence-corrected chi connectivity index (χ3v) is 7.15. The number of allylic oxidation sites excluding steroid dienone is 5. The van der Waals surface area contributed by atoms with Crippen molar-refractivity contribution in [3.8, 4) is 0 Å². The van der Waals surface area contributed by atoms with Crippen molar-refractivity contribution >= 4 is 34.3 Å². The lowest BCUT2D eigenvalue weighted by molar-refractivity contribution is 0.159. The van der Waals surface area contributed by atoms with E-state index in [4.69, 9.17) is 22.4 Å². The summed E-state index contributed by atoms with van der Waals surface area (Å²) >= 11 is 6.58. The topological polar surface area (TPSA) is 85.9 Å². The molecule has 1 atom stereocenters. The molecule has 0 saturated heterocycles. The van der Waals surface area contributed by atoms with Crippen LogP contribution in [0, 0.1) is 13.8 Å². The SMILES string of the molecule is C=CC(=C\C=C(/C)c1c(C)ccc(C)c1Cl)/C(C)=N/N(C)C(CO)CNc1cc2c(cc1N)CNC2. The Morgan fingerprint density at radius 2 is 1.89 bits per heavy atom. The van der Waals surface area contributed by atoms with E-state index in [2.05, 4.69) is 43.2 Å². The number of nitrogens with two attached hydrogens (primary N) is 1. The molecule has 0 radical (unpaired) electrons. The van der Waals surface area contributed by atoms with Crippen molar-refractivity contribution in [2.75, 3.05) is 31.2 Å². The summed E-state index contributed by atoms with van der Waals surface area (Å²) in [5.41, 5.74) is 16.3. The van der Waals surface area contributed by atoms with Crippen LogP contribution in [-0.4, -0.2) is 42.1 Å². The number of nitrogen functional groups attached to an aromatic ring is 1. The molecule has 192 valence electrons. The van der Waals surface area contributed by atoms with Crippen molar-refractivity contribution in [2.45, 2.75) is 46.8 Å². The number of nitrogens with one attached hydrogen (secondary N) is 2. The normalized spacial score (nSPS) is 15.0. The molecule has 0 bridgehead atoms. The number of aliphatic hydroxyl groups excluding tert-OH is 1. The van der Waals surface area contributed by atoms with Crippen LogP contribution >= 0.6 is 11.6 Å². The maximum absolute atomic E-state index is 10.0. The van der Waals surface area contributed by atoms with Crippen molar-refractivity contribution in [2.24, 2.45) is 5.10 Å². The Hall–Kier alpha value is -3.06. The number of fused-ring (bicyclic) bond motifs is 1. The Labute approximate surface area is 220 Å². The molecule has 0 aromatic heterocycles. The van der Waals surface area contributed by atoms with E-state index >= 15 is 0 Å². The molecular weight excluding hydrogens is 470 g/mol. The highest BCUT2D eigenvalue weighted by Gasteiger charge is 2.16. The molecule has 36 heavy (non-hydrogen) atoms. The molecule has 5 N–H and O–H groups in total. The fourth-order valence-corrected chi connectivity index (χ4v) is 4.70. The van der Waals surface area contributed by atoms with Crippen LogP contribution in [0.3, 0.4) is 0 Å². The number of aryl methyl sites for hydroxylation is 2. The standard InChI is InChI=1S/C29H38ClN5O/c1-7-22(11-10-19(3)28-18(2)8-9-20(4)29(28)30)21(5)34-35(6)25(17-36)16-33-27-13-24-15-32-14-23(24)12-26(27)31/h7-13,25,32-33,36H,1,14-17,31H2,2-6H3/b19-10+,22-11+,34-21+. The quantitative estimate of drug-likeness (QED) is 0.149. The van der Waals surface area contributed by atoms with Gasteiger partial charge in [-0.05, 0) is 78.8 Å². The van der Waals surface area contributed by atoms with E-state index in [1.807, 2.05) is 45.2 Å². The van der Waals surface area contributed by atoms with Gasteiger partial charge in [0.15, 0.2) is 0 Å². The van der Waals surface area contributed by atoms with Gasteiger partial charge in [-0.15, -0.1) is 0 Å². The van der Waals surface area contributed by atoms with Gasteiger partial charge >= 0.3 is 0 Å². The number of hydrazone groups is 1. The molecule has 2 aromatic carbocycles. The fourth-order valence-electron chi connectivity index (χ4n) is 4.34. The highest BCUT2D eigenvalue weighted by atomic mass is 35.5. The van der Waals surface area contributed by atoms with Gasteiger partial charge in [0.05, 0.1) is 34.8 Å². The van der Waals surface area contributed by atoms with Crippen LogP contribution in [-0.2, 0) is 13.1 Å². The number of rotatable bonds is 10. The van der Waals surface area contributed by atoms with Crippen LogP contribution in [0.1, 0.15) is 41.7 Å². The highest BCUT2D eigenvalue weighted by molar-refractivity contribution is 6.33. The molecule has 0 amide bonds. The summed E-state index contributed by atoms with van der Waals surface area (Å²) in [4.78, 5) is 0. The predicted octanol–water partition coefficient (Wildman–Crippen LogP) is 5.44. The van der Waals surface area contributed by atoms with Gasteiger partial charge in [0.25, 0.3) is 0 Å². The van der Waals surface area contributed by atoms with E-state index in [1.165, 1.54) is 11.1 Å². The molecule has 0 fully saturated rings. The van der Waals surface area contributed by atoms with E-state index in [1.54, 1.807) is 11.1 Å². The Balaban J connectivity index is 1.73. The molecule has 2 aromatic rings. The summed E-state index contributed by atoms with van der Waals surface area (Å²) < 4.78 is 0. The average molecular weight is 508 g/mol. The van der Waals surface area contributed by atoms with Gasteiger partial charge in [0.1, 0.15) is 0 Å². The Kier molecular flexibility index (Phi) is 9.37. The fraction of sp³-hybridized carbons (Fsp3) is 0.345. The number of likely N-dealkylation sites (N-methyl/N-ethyl adjacent to an activating group) is 1. The lowest BCUT2D eigenvalue weighted by Crippen LogP contribution is -2.37. The van der Waals surface area contributed by atoms with Gasteiger partial charge in [0, 0.05) is 26.7 Å². The zero-order valence-electron chi connectivity index (χ0n) is 22.0. The average Bonchev–Trinajstić information content (AvgIpc) is 3.29. The largest absolute Gasteiger partial charge is 0.397 e. The number of anilines is 2. The summed E-state index contributed by atoms with van der Waals surface area (Å²) in [5.74, 6) is 0. The van der Waals surface area contributed by atoms with E-state index in [0.717, 1.165) is 57.3 Å². The molecule has 3 rings (SSSR count). The second kappa shape index (κ2) is 12.3. The highest BCUT2D eigenvalue weighted by Crippen LogP contribution is 2.30. The third kappa shape index (κ3) is 6.38. The van der Waals surface area contributed by atoms with E-state index in [9.17, 15) is 5.11 Å². The first-order chi connectivity index (χ1) is 17.2. The summed E-state index contributed by atoms with van der Waals surface area (Å²) in [6.07, 6.45) is 5.82. The van der Waals surface area contributed by atoms with Crippen LogP contribution in [0.25, 0.3) is 5.57 Å². The second-order valence-electron chi connectivity index (χ2n) is 9.35. The van der Waals surface area contributed by atoms with Crippen molar-refractivity contribution in [3.63, 3.8) is 0 Å². The van der Waals surface area contributed by atoms with Crippen molar-refractivity contribution in [1.82, 2.24) is 10.3 Å². The monoisotopic (exact) mass is 507 g/mol. The Bertz CT molecular complexity index is 1210. The first-order valence-corrected chi connectivity index (χ1v) is 12.6. The number of aliphatic hydroxyl groups is 1. The summed E-state index contributed by atoms with van der Waals surface area (Å²) in [5, 5.41) is 24.0. The van der Waals surface area contributed by atoms with Crippen LogP contribution < -0.4 is 16.4 Å². The summed E-state index contributed by atoms with van der Waals surface area (Å²) in [7, 11) is 1.86. The maximum atomic E-state index is 10.0.